The maximum absolute atomic E-state index is 5.58. The lowest BCUT2D eigenvalue weighted by Gasteiger charge is -2.26. The fourth-order valence-electron chi connectivity index (χ4n) is 1.34. The molecule has 2 rings (SSSR count). The van der Waals surface area contributed by atoms with Crippen molar-refractivity contribution < 1.29 is 9.15 Å². The number of hydrogen-bond acceptors (Lipinski definition) is 3. The summed E-state index contributed by atoms with van der Waals surface area (Å²) in [6, 6.07) is 4.29. The van der Waals surface area contributed by atoms with Crippen molar-refractivity contribution in [1.29, 1.82) is 0 Å². The Kier molecular flexibility index (Phi) is 2.15. The van der Waals surface area contributed by atoms with Crippen LogP contribution in [0.4, 0.5) is 0 Å². The largest absolute Gasteiger partial charge is 0.467 e. The minimum atomic E-state index is 0.0937. The van der Waals surface area contributed by atoms with Crippen LogP contribution in [0.3, 0.4) is 0 Å². The summed E-state index contributed by atoms with van der Waals surface area (Å²) in [6.07, 6.45) is 1.77. The first-order valence-electron chi connectivity index (χ1n) is 4.24. The summed E-state index contributed by atoms with van der Waals surface area (Å²) >= 11 is 0. The summed E-state index contributed by atoms with van der Waals surface area (Å²) < 4.78 is 10.8. The highest BCUT2D eigenvalue weighted by Gasteiger charge is 2.21. The molecule has 1 aromatic heterocycles. The molecule has 12 heavy (non-hydrogen) atoms. The van der Waals surface area contributed by atoms with Gasteiger partial charge in [0.2, 0.25) is 0 Å². The Balaban J connectivity index is 1.99. The van der Waals surface area contributed by atoms with Gasteiger partial charge in [0, 0.05) is 12.6 Å². The fourth-order valence-corrected chi connectivity index (χ4v) is 1.34. The maximum Gasteiger partial charge on any atom is 0.133 e. The molecule has 0 aliphatic carbocycles. The summed E-state index contributed by atoms with van der Waals surface area (Å²) in [6.45, 7) is 3.71. The minimum Gasteiger partial charge on any atom is -0.467 e. The van der Waals surface area contributed by atoms with E-state index in [-0.39, 0.29) is 6.10 Å². The van der Waals surface area contributed by atoms with Crippen molar-refractivity contribution in [1.82, 2.24) is 5.32 Å². The summed E-state index contributed by atoms with van der Waals surface area (Å²) in [5.41, 5.74) is 0. The zero-order valence-electron chi connectivity index (χ0n) is 7.12. The van der Waals surface area contributed by atoms with Crippen LogP contribution in [0.5, 0.6) is 0 Å². The minimum absolute atomic E-state index is 0.0937. The second kappa shape index (κ2) is 3.29. The third-order valence-electron chi connectivity index (χ3n) is 2.06. The average Bonchev–Trinajstić information content (AvgIpc) is 2.58. The zero-order valence-corrected chi connectivity index (χ0v) is 7.12. The van der Waals surface area contributed by atoms with Gasteiger partial charge in [-0.3, -0.25) is 0 Å². The van der Waals surface area contributed by atoms with E-state index in [0.717, 1.165) is 18.9 Å². The Labute approximate surface area is 71.7 Å². The molecule has 0 spiro atoms. The Morgan fingerprint density at radius 3 is 3.08 bits per heavy atom. The van der Waals surface area contributed by atoms with E-state index in [9.17, 15) is 0 Å². The number of hydrogen-bond donors (Lipinski definition) is 1. The van der Waals surface area contributed by atoms with E-state index in [0.29, 0.717) is 6.04 Å². The molecule has 2 atom stereocenters. The van der Waals surface area contributed by atoms with Crippen molar-refractivity contribution in [3.8, 4) is 0 Å². The van der Waals surface area contributed by atoms with Crippen molar-refractivity contribution in [3.05, 3.63) is 24.2 Å². The van der Waals surface area contributed by atoms with Gasteiger partial charge in [0.05, 0.1) is 12.9 Å². The SMILES string of the molecule is CC1COC(c2ccco2)CN1. The molecule has 1 aromatic rings. The van der Waals surface area contributed by atoms with Crippen LogP contribution in [-0.4, -0.2) is 19.2 Å². The lowest BCUT2D eigenvalue weighted by Crippen LogP contribution is -2.40. The number of furan rings is 1. The molecule has 0 saturated carbocycles. The lowest BCUT2D eigenvalue weighted by molar-refractivity contribution is -0.00500. The highest BCUT2D eigenvalue weighted by atomic mass is 16.5. The van der Waals surface area contributed by atoms with Gasteiger partial charge < -0.3 is 14.5 Å². The van der Waals surface area contributed by atoms with E-state index in [2.05, 4.69) is 12.2 Å². The monoisotopic (exact) mass is 167 g/mol. The first kappa shape index (κ1) is 7.83. The molecule has 0 amide bonds. The van der Waals surface area contributed by atoms with E-state index in [1.165, 1.54) is 0 Å². The van der Waals surface area contributed by atoms with E-state index >= 15 is 0 Å². The standard InChI is InChI=1S/C9H13NO2/c1-7-6-12-9(5-10-7)8-3-2-4-11-8/h2-4,7,9-10H,5-6H2,1H3. The smallest absolute Gasteiger partial charge is 0.133 e. The van der Waals surface area contributed by atoms with Crippen LogP contribution < -0.4 is 5.32 Å². The van der Waals surface area contributed by atoms with Gasteiger partial charge in [0.15, 0.2) is 0 Å². The van der Waals surface area contributed by atoms with Crippen molar-refractivity contribution in [3.63, 3.8) is 0 Å². The quantitative estimate of drug-likeness (QED) is 0.685. The fraction of sp³-hybridized carbons (Fsp3) is 0.556. The molecule has 0 aromatic carbocycles. The van der Waals surface area contributed by atoms with E-state index in [1.807, 2.05) is 12.1 Å². The number of ether oxygens (including phenoxy) is 1. The van der Waals surface area contributed by atoms with E-state index in [4.69, 9.17) is 9.15 Å². The molecule has 3 nitrogen and oxygen atoms in total. The van der Waals surface area contributed by atoms with Gasteiger partial charge in [-0.05, 0) is 19.1 Å². The molecule has 66 valence electrons. The molecule has 2 heterocycles. The molecule has 1 fully saturated rings. The summed E-state index contributed by atoms with van der Waals surface area (Å²) in [7, 11) is 0. The van der Waals surface area contributed by atoms with Gasteiger partial charge in [-0.25, -0.2) is 0 Å². The van der Waals surface area contributed by atoms with Crippen molar-refractivity contribution in [2.75, 3.05) is 13.2 Å². The van der Waals surface area contributed by atoms with Gasteiger partial charge in [-0.1, -0.05) is 0 Å². The molecule has 3 heteroatoms. The number of rotatable bonds is 1. The molecular formula is C9H13NO2. The molecule has 0 bridgehead atoms. The summed E-state index contributed by atoms with van der Waals surface area (Å²) in [5, 5.41) is 3.34. The normalized spacial score (nSPS) is 30.4. The number of nitrogens with one attached hydrogen (secondary N) is 1. The van der Waals surface area contributed by atoms with Crippen LogP contribution in [0.1, 0.15) is 18.8 Å². The number of morpholine rings is 1. The lowest BCUT2D eigenvalue weighted by atomic mass is 10.2. The molecule has 0 radical (unpaired) electrons. The maximum atomic E-state index is 5.58. The predicted molar refractivity (Wildman–Crippen MR) is 44.9 cm³/mol. The third-order valence-corrected chi connectivity index (χ3v) is 2.06. The first-order chi connectivity index (χ1) is 5.86. The second-order valence-electron chi connectivity index (χ2n) is 3.15. The van der Waals surface area contributed by atoms with Crippen molar-refractivity contribution in [2.45, 2.75) is 19.1 Å². The molecule has 1 N–H and O–H groups in total. The highest BCUT2D eigenvalue weighted by molar-refractivity contribution is 5.03. The first-order valence-corrected chi connectivity index (χ1v) is 4.24. The van der Waals surface area contributed by atoms with Gasteiger partial charge >= 0.3 is 0 Å². The molecule has 1 saturated heterocycles. The summed E-state index contributed by atoms with van der Waals surface area (Å²) in [4.78, 5) is 0. The van der Waals surface area contributed by atoms with Crippen LogP contribution >= 0.6 is 0 Å². The van der Waals surface area contributed by atoms with Gasteiger partial charge in [0.25, 0.3) is 0 Å². The molecule has 2 unspecified atom stereocenters. The second-order valence-corrected chi connectivity index (χ2v) is 3.15. The van der Waals surface area contributed by atoms with E-state index in [1.54, 1.807) is 6.26 Å². The molecule has 1 aliphatic rings. The Morgan fingerprint density at radius 1 is 1.58 bits per heavy atom. The molecular weight excluding hydrogens is 154 g/mol. The third kappa shape index (κ3) is 1.52. The predicted octanol–water partition coefficient (Wildman–Crippen LogP) is 1.33. The van der Waals surface area contributed by atoms with Crippen LogP contribution in [0.15, 0.2) is 22.8 Å². The van der Waals surface area contributed by atoms with Crippen LogP contribution in [0.2, 0.25) is 0 Å². The van der Waals surface area contributed by atoms with E-state index < -0.39 is 0 Å². The zero-order chi connectivity index (χ0) is 8.39. The van der Waals surface area contributed by atoms with Gasteiger partial charge in [-0.2, -0.15) is 0 Å². The van der Waals surface area contributed by atoms with Crippen LogP contribution in [-0.2, 0) is 4.74 Å². The Hall–Kier alpha value is -0.800. The van der Waals surface area contributed by atoms with Gasteiger partial charge in [-0.15, -0.1) is 0 Å². The average molecular weight is 167 g/mol. The van der Waals surface area contributed by atoms with Crippen molar-refractivity contribution in [2.24, 2.45) is 0 Å². The van der Waals surface area contributed by atoms with Crippen LogP contribution in [0, 0.1) is 0 Å². The Bertz CT molecular complexity index is 225. The Morgan fingerprint density at radius 2 is 2.50 bits per heavy atom. The topological polar surface area (TPSA) is 34.4 Å². The van der Waals surface area contributed by atoms with Gasteiger partial charge in [0.1, 0.15) is 11.9 Å². The van der Waals surface area contributed by atoms with Crippen molar-refractivity contribution >= 4 is 0 Å². The highest BCUT2D eigenvalue weighted by Crippen LogP contribution is 2.19. The molecule has 1 aliphatic heterocycles. The summed E-state index contributed by atoms with van der Waals surface area (Å²) in [5.74, 6) is 0.911. The van der Waals surface area contributed by atoms with Crippen LogP contribution in [0.25, 0.3) is 0 Å².